The highest BCUT2D eigenvalue weighted by molar-refractivity contribution is 5.99. The second-order valence-electron chi connectivity index (χ2n) is 12.4. The molecule has 3 aliphatic rings. The van der Waals surface area contributed by atoms with E-state index in [0.717, 1.165) is 55.2 Å². The Morgan fingerprint density at radius 3 is 1.49 bits per heavy atom. The number of ether oxygens (including phenoxy) is 2. The van der Waals surface area contributed by atoms with Crippen LogP contribution in [0, 0.1) is 0 Å². The first-order chi connectivity index (χ1) is 18.4. The third-order valence-corrected chi connectivity index (χ3v) is 6.78. The number of nitrogens with zero attached hydrogens (tertiary/aromatic N) is 4. The molecule has 8 nitrogen and oxygen atoms in total. The molecule has 0 aromatic heterocycles. The third kappa shape index (κ3) is 6.15. The number of amidine groups is 2. The van der Waals surface area contributed by atoms with Gasteiger partial charge in [-0.3, -0.25) is 9.80 Å². The van der Waals surface area contributed by atoms with Crippen LogP contribution >= 0.6 is 0 Å². The Kier molecular flexibility index (Phi) is 6.99. The third-order valence-electron chi connectivity index (χ3n) is 6.78. The number of amides is 2. The Bertz CT molecular complexity index is 1260. The number of benzene rings is 2. The summed E-state index contributed by atoms with van der Waals surface area (Å²) in [5.41, 5.74) is 5.39. The monoisotopic (exact) mass is 530 g/mol. The van der Waals surface area contributed by atoms with Crippen molar-refractivity contribution >= 4 is 35.2 Å². The van der Waals surface area contributed by atoms with Crippen LogP contribution in [-0.2, 0) is 15.9 Å². The fourth-order valence-electron chi connectivity index (χ4n) is 5.20. The minimum Gasteiger partial charge on any atom is -0.443 e. The van der Waals surface area contributed by atoms with Crippen molar-refractivity contribution in [2.24, 2.45) is 9.98 Å². The predicted octanol–water partition coefficient (Wildman–Crippen LogP) is 7.38. The van der Waals surface area contributed by atoms with Crippen molar-refractivity contribution in [3.05, 3.63) is 47.5 Å². The van der Waals surface area contributed by atoms with Crippen LogP contribution in [0.3, 0.4) is 0 Å². The maximum absolute atomic E-state index is 12.7. The van der Waals surface area contributed by atoms with E-state index in [2.05, 4.69) is 24.3 Å². The Morgan fingerprint density at radius 1 is 0.692 bits per heavy atom. The molecule has 0 spiro atoms. The van der Waals surface area contributed by atoms with E-state index in [0.29, 0.717) is 13.1 Å². The smallest absolute Gasteiger partial charge is 0.415 e. The average molecular weight is 531 g/mol. The van der Waals surface area contributed by atoms with Crippen LogP contribution in [0.2, 0.25) is 0 Å². The van der Waals surface area contributed by atoms with Crippen molar-refractivity contribution in [1.82, 2.24) is 9.80 Å². The molecule has 39 heavy (non-hydrogen) atoms. The first-order valence-corrected chi connectivity index (χ1v) is 13.8. The van der Waals surface area contributed by atoms with Gasteiger partial charge >= 0.3 is 12.2 Å². The van der Waals surface area contributed by atoms with E-state index in [1.807, 2.05) is 53.7 Å². The molecule has 2 aromatic rings. The second-order valence-corrected chi connectivity index (χ2v) is 12.4. The second kappa shape index (κ2) is 10.1. The van der Waals surface area contributed by atoms with Crippen molar-refractivity contribution in [2.75, 3.05) is 13.1 Å². The van der Waals surface area contributed by atoms with Gasteiger partial charge < -0.3 is 9.47 Å². The topological polar surface area (TPSA) is 83.8 Å². The van der Waals surface area contributed by atoms with Gasteiger partial charge in [-0.1, -0.05) is 12.1 Å². The first kappa shape index (κ1) is 26.9. The summed E-state index contributed by atoms with van der Waals surface area (Å²) in [5.74, 6) is 1.51. The maximum Gasteiger partial charge on any atom is 0.415 e. The summed E-state index contributed by atoms with van der Waals surface area (Å²) in [5, 5.41) is 0. The van der Waals surface area contributed by atoms with Gasteiger partial charge in [0, 0.05) is 25.9 Å². The van der Waals surface area contributed by atoms with E-state index < -0.39 is 11.2 Å². The number of carbonyl (C=O) groups excluding carboxylic acids is 2. The Hall–Kier alpha value is -3.68. The zero-order valence-corrected chi connectivity index (χ0v) is 23.8. The number of likely N-dealkylation sites (tertiary alicyclic amines) is 2. The first-order valence-electron chi connectivity index (χ1n) is 13.8. The standard InChI is InChI=1S/C31H38N4O4/c1-30(2,3)38-28(36)34-15-7-9-26(34)32-22-11-13-24-20(18-22)17-21-19-23(12-14-25(21)24)33-27-10-8-16-35(27)29(37)39-31(4,5)6/h11-14,18-19H,7-10,15-17H2,1-6H3/b32-26-,33-27+. The van der Waals surface area contributed by atoms with Crippen molar-refractivity contribution in [3.63, 3.8) is 0 Å². The highest BCUT2D eigenvalue weighted by Gasteiger charge is 2.31. The van der Waals surface area contributed by atoms with Crippen LogP contribution in [0.5, 0.6) is 0 Å². The lowest BCUT2D eigenvalue weighted by molar-refractivity contribution is 0.0372. The zero-order chi connectivity index (χ0) is 27.9. The number of hydrogen-bond acceptors (Lipinski definition) is 6. The average Bonchev–Trinajstić information content (AvgIpc) is 3.54. The molecule has 8 heteroatoms. The van der Waals surface area contributed by atoms with E-state index in [1.165, 1.54) is 22.3 Å². The zero-order valence-electron chi connectivity index (χ0n) is 23.8. The minimum atomic E-state index is -0.542. The van der Waals surface area contributed by atoms with Gasteiger partial charge in [0.2, 0.25) is 0 Å². The minimum absolute atomic E-state index is 0.339. The molecule has 2 heterocycles. The number of carbonyl (C=O) groups is 2. The molecule has 1 aliphatic carbocycles. The molecular formula is C31H38N4O4. The molecule has 5 rings (SSSR count). The van der Waals surface area contributed by atoms with Gasteiger partial charge in [0.05, 0.1) is 11.4 Å². The number of rotatable bonds is 2. The Morgan fingerprint density at radius 2 is 1.10 bits per heavy atom. The summed E-state index contributed by atoms with van der Waals surface area (Å²) in [4.78, 5) is 38.3. The van der Waals surface area contributed by atoms with Crippen LogP contribution < -0.4 is 0 Å². The highest BCUT2D eigenvalue weighted by atomic mass is 16.6. The predicted molar refractivity (Wildman–Crippen MR) is 153 cm³/mol. The lowest BCUT2D eigenvalue weighted by atomic mass is 10.1. The molecule has 0 unspecified atom stereocenters. The summed E-state index contributed by atoms with van der Waals surface area (Å²) in [6, 6.07) is 12.5. The van der Waals surface area contributed by atoms with Gasteiger partial charge in [-0.2, -0.15) is 0 Å². The largest absolute Gasteiger partial charge is 0.443 e. The van der Waals surface area contributed by atoms with Crippen LogP contribution in [0.25, 0.3) is 11.1 Å². The normalized spacial score (nSPS) is 19.0. The van der Waals surface area contributed by atoms with E-state index in [1.54, 1.807) is 9.80 Å². The SMILES string of the molecule is CC(C)(C)OC(=O)N1CCC/C1=N/c1ccc2c(c1)Cc1cc(/N=C3\CCCN3C(=O)OC(C)(C)C)ccc1-2. The van der Waals surface area contributed by atoms with Crippen molar-refractivity contribution < 1.29 is 19.1 Å². The molecule has 2 aromatic carbocycles. The van der Waals surface area contributed by atoms with Crippen LogP contribution in [0.4, 0.5) is 21.0 Å². The summed E-state index contributed by atoms with van der Waals surface area (Å²) in [6.07, 6.45) is 3.37. The molecule has 2 saturated heterocycles. The van der Waals surface area contributed by atoms with Crippen molar-refractivity contribution in [3.8, 4) is 11.1 Å². The molecule has 2 amide bonds. The van der Waals surface area contributed by atoms with Crippen LogP contribution in [0.1, 0.15) is 78.4 Å². The Labute approximate surface area is 230 Å². The maximum atomic E-state index is 12.7. The molecule has 0 saturated carbocycles. The number of fused-ring (bicyclic) bond motifs is 3. The van der Waals surface area contributed by atoms with E-state index in [-0.39, 0.29) is 12.2 Å². The molecule has 2 fully saturated rings. The van der Waals surface area contributed by atoms with Crippen LogP contribution in [-0.4, -0.2) is 57.9 Å². The van der Waals surface area contributed by atoms with Gasteiger partial charge in [0.1, 0.15) is 22.9 Å². The molecule has 2 aliphatic heterocycles. The highest BCUT2D eigenvalue weighted by Crippen LogP contribution is 2.40. The number of aliphatic imine (C=N–C) groups is 2. The Balaban J connectivity index is 1.33. The molecule has 206 valence electrons. The van der Waals surface area contributed by atoms with Crippen molar-refractivity contribution in [1.29, 1.82) is 0 Å². The van der Waals surface area contributed by atoms with Gasteiger partial charge in [-0.15, -0.1) is 0 Å². The van der Waals surface area contributed by atoms with E-state index >= 15 is 0 Å². The quantitative estimate of drug-likeness (QED) is 0.346. The molecular weight excluding hydrogens is 492 g/mol. The lowest BCUT2D eigenvalue weighted by Gasteiger charge is -2.24. The molecule has 0 radical (unpaired) electrons. The molecule has 0 N–H and O–H groups in total. The van der Waals surface area contributed by atoms with Crippen molar-refractivity contribution in [2.45, 2.75) is 84.8 Å². The van der Waals surface area contributed by atoms with E-state index in [9.17, 15) is 9.59 Å². The fourth-order valence-corrected chi connectivity index (χ4v) is 5.20. The number of hydrogen-bond donors (Lipinski definition) is 0. The molecule has 0 atom stereocenters. The summed E-state index contributed by atoms with van der Waals surface area (Å²) < 4.78 is 11.1. The van der Waals surface area contributed by atoms with Gasteiger partial charge in [-0.25, -0.2) is 19.6 Å². The van der Waals surface area contributed by atoms with Crippen LogP contribution in [0.15, 0.2) is 46.4 Å². The summed E-state index contributed by atoms with van der Waals surface area (Å²) in [7, 11) is 0. The fraction of sp³-hybridized carbons (Fsp3) is 0.484. The summed E-state index contributed by atoms with van der Waals surface area (Å²) in [6.45, 7) is 12.5. The molecule has 0 bridgehead atoms. The van der Waals surface area contributed by atoms with E-state index in [4.69, 9.17) is 19.5 Å². The van der Waals surface area contributed by atoms with Gasteiger partial charge in [0.15, 0.2) is 0 Å². The lowest BCUT2D eigenvalue weighted by Crippen LogP contribution is -2.37. The summed E-state index contributed by atoms with van der Waals surface area (Å²) >= 11 is 0. The van der Waals surface area contributed by atoms with Gasteiger partial charge in [0.25, 0.3) is 0 Å². The van der Waals surface area contributed by atoms with Gasteiger partial charge in [-0.05, 0) is 107 Å².